The first-order chi connectivity index (χ1) is 12.1. The first-order valence-electron chi connectivity index (χ1n) is 7.95. The molecule has 0 atom stereocenters. The second kappa shape index (κ2) is 5.81. The van der Waals surface area contributed by atoms with Gasteiger partial charge in [-0.25, -0.2) is 13.5 Å². The van der Waals surface area contributed by atoms with Crippen LogP contribution in [0.1, 0.15) is 28.8 Å². The molecular weight excluding hydrogens is 324 g/mol. The van der Waals surface area contributed by atoms with Gasteiger partial charge < -0.3 is 5.32 Å². The minimum atomic E-state index is -0.693. The lowest BCUT2D eigenvalue weighted by atomic mass is 10.0. The molecular formula is C19H15F2N3O. The van der Waals surface area contributed by atoms with E-state index < -0.39 is 17.2 Å². The molecule has 0 unspecified atom stereocenters. The quantitative estimate of drug-likeness (QED) is 0.790. The molecule has 1 heterocycles. The third-order valence-corrected chi connectivity index (χ3v) is 4.40. The highest BCUT2D eigenvalue weighted by atomic mass is 19.1. The van der Waals surface area contributed by atoms with Gasteiger partial charge in [0.15, 0.2) is 0 Å². The van der Waals surface area contributed by atoms with Crippen molar-refractivity contribution < 1.29 is 13.6 Å². The molecule has 4 nitrogen and oxygen atoms in total. The summed E-state index contributed by atoms with van der Waals surface area (Å²) in [5.74, 6) is -1.57. The summed E-state index contributed by atoms with van der Waals surface area (Å²) in [4.78, 5) is 12.6. The molecule has 1 saturated carbocycles. The van der Waals surface area contributed by atoms with E-state index in [4.69, 9.17) is 0 Å². The minimum Gasteiger partial charge on any atom is -0.343 e. The minimum absolute atomic E-state index is 0.281. The van der Waals surface area contributed by atoms with Gasteiger partial charge >= 0.3 is 0 Å². The molecule has 1 aliphatic carbocycles. The summed E-state index contributed by atoms with van der Waals surface area (Å²) in [6.07, 6.45) is 4.75. The van der Waals surface area contributed by atoms with Crippen molar-refractivity contribution in [3.05, 3.63) is 83.7 Å². The van der Waals surface area contributed by atoms with Crippen molar-refractivity contribution in [1.29, 1.82) is 0 Å². The Hall–Kier alpha value is -3.02. The number of benzene rings is 2. The molecule has 2 aromatic carbocycles. The first-order valence-corrected chi connectivity index (χ1v) is 7.95. The van der Waals surface area contributed by atoms with E-state index in [2.05, 4.69) is 10.4 Å². The Morgan fingerprint density at radius 3 is 2.48 bits per heavy atom. The Morgan fingerprint density at radius 1 is 1.08 bits per heavy atom. The molecule has 1 amide bonds. The number of carbonyl (C=O) groups excluding carboxylic acids is 1. The van der Waals surface area contributed by atoms with Crippen molar-refractivity contribution >= 4 is 5.91 Å². The van der Waals surface area contributed by atoms with Gasteiger partial charge in [0.2, 0.25) is 0 Å². The van der Waals surface area contributed by atoms with Crippen LogP contribution in [0.5, 0.6) is 0 Å². The van der Waals surface area contributed by atoms with Crippen LogP contribution in [-0.2, 0) is 5.54 Å². The number of hydrogen-bond donors (Lipinski definition) is 1. The summed E-state index contributed by atoms with van der Waals surface area (Å²) in [5, 5.41) is 7.07. The number of carbonyl (C=O) groups is 1. The number of nitrogens with one attached hydrogen (secondary N) is 1. The zero-order valence-electron chi connectivity index (χ0n) is 13.2. The molecule has 25 heavy (non-hydrogen) atoms. The number of halogens is 2. The van der Waals surface area contributed by atoms with Gasteiger partial charge in [-0.3, -0.25) is 4.79 Å². The maximum Gasteiger partial charge on any atom is 0.252 e. The van der Waals surface area contributed by atoms with Crippen molar-refractivity contribution in [2.75, 3.05) is 0 Å². The van der Waals surface area contributed by atoms with Crippen molar-refractivity contribution in [2.24, 2.45) is 0 Å². The van der Waals surface area contributed by atoms with E-state index >= 15 is 0 Å². The molecule has 0 bridgehead atoms. The summed E-state index contributed by atoms with van der Waals surface area (Å²) in [6.45, 7) is 0. The van der Waals surface area contributed by atoms with Crippen LogP contribution in [0.2, 0.25) is 0 Å². The zero-order valence-corrected chi connectivity index (χ0v) is 13.2. The normalized spacial score (nSPS) is 15.0. The van der Waals surface area contributed by atoms with Gasteiger partial charge in [0, 0.05) is 24.0 Å². The number of hydrogen-bond acceptors (Lipinski definition) is 2. The number of nitrogens with zero attached hydrogens (tertiary/aromatic N) is 2. The second-order valence-corrected chi connectivity index (χ2v) is 6.20. The lowest BCUT2D eigenvalue weighted by Gasteiger charge is -2.18. The first kappa shape index (κ1) is 15.5. The van der Waals surface area contributed by atoms with Crippen molar-refractivity contribution in [3.63, 3.8) is 0 Å². The van der Waals surface area contributed by atoms with Gasteiger partial charge in [-0.05, 0) is 54.8 Å². The third-order valence-electron chi connectivity index (χ3n) is 4.40. The molecule has 4 rings (SSSR count). The van der Waals surface area contributed by atoms with Gasteiger partial charge in [0.1, 0.15) is 11.6 Å². The van der Waals surface area contributed by atoms with E-state index in [0.717, 1.165) is 11.8 Å². The van der Waals surface area contributed by atoms with Crippen LogP contribution in [0.4, 0.5) is 8.78 Å². The van der Waals surface area contributed by atoms with Crippen LogP contribution >= 0.6 is 0 Å². The van der Waals surface area contributed by atoms with E-state index in [-0.39, 0.29) is 5.91 Å². The molecule has 1 aliphatic rings. The average molecular weight is 339 g/mol. The highest BCUT2D eigenvalue weighted by Crippen LogP contribution is 2.46. The molecule has 1 N–H and O–H groups in total. The fraction of sp³-hybridized carbons (Fsp3) is 0.158. The lowest BCUT2D eigenvalue weighted by molar-refractivity contribution is 0.0930. The third kappa shape index (κ3) is 3.03. The van der Waals surface area contributed by atoms with Crippen LogP contribution in [0, 0.1) is 11.6 Å². The zero-order chi connectivity index (χ0) is 17.4. The molecule has 0 radical (unpaired) electrons. The van der Waals surface area contributed by atoms with Crippen LogP contribution in [0.3, 0.4) is 0 Å². The van der Waals surface area contributed by atoms with E-state index in [1.807, 2.05) is 6.07 Å². The molecule has 1 fully saturated rings. The van der Waals surface area contributed by atoms with Crippen molar-refractivity contribution in [3.8, 4) is 5.69 Å². The summed E-state index contributed by atoms with van der Waals surface area (Å²) in [5.41, 5.74) is 0.999. The standard InChI is InChI=1S/C19H15F2N3O/c20-15-10-14(11-16(21)12-15)19(5-6-19)23-18(25)13-3-1-4-17(9-13)24-8-2-7-22-24/h1-4,7-12H,5-6H2,(H,23,25). The largest absolute Gasteiger partial charge is 0.343 e. The van der Waals surface area contributed by atoms with Gasteiger partial charge in [-0.1, -0.05) is 6.07 Å². The second-order valence-electron chi connectivity index (χ2n) is 6.20. The van der Waals surface area contributed by atoms with E-state index in [9.17, 15) is 13.6 Å². The monoisotopic (exact) mass is 339 g/mol. The smallest absolute Gasteiger partial charge is 0.252 e. The van der Waals surface area contributed by atoms with Crippen molar-refractivity contribution in [2.45, 2.75) is 18.4 Å². The molecule has 6 heteroatoms. The number of aromatic nitrogens is 2. The Labute approximate surface area is 143 Å². The van der Waals surface area contributed by atoms with Crippen molar-refractivity contribution in [1.82, 2.24) is 15.1 Å². The number of amides is 1. The summed E-state index contributed by atoms with van der Waals surface area (Å²) in [7, 11) is 0. The topological polar surface area (TPSA) is 46.9 Å². The van der Waals surface area contributed by atoms with Crippen LogP contribution < -0.4 is 5.32 Å². The van der Waals surface area contributed by atoms with E-state index in [1.54, 1.807) is 41.3 Å². The Balaban J connectivity index is 1.59. The van der Waals surface area contributed by atoms with Gasteiger partial charge in [0.25, 0.3) is 5.91 Å². The summed E-state index contributed by atoms with van der Waals surface area (Å²) >= 11 is 0. The molecule has 1 aromatic heterocycles. The van der Waals surface area contributed by atoms with E-state index in [0.29, 0.717) is 24.0 Å². The molecule has 0 saturated heterocycles. The molecule has 126 valence electrons. The fourth-order valence-corrected chi connectivity index (χ4v) is 2.94. The predicted octanol–water partition coefficient (Wildman–Crippen LogP) is 3.57. The van der Waals surface area contributed by atoms with Gasteiger partial charge in [-0.15, -0.1) is 0 Å². The maximum atomic E-state index is 13.5. The van der Waals surface area contributed by atoms with Gasteiger partial charge in [0.05, 0.1) is 11.2 Å². The summed E-state index contributed by atoms with van der Waals surface area (Å²) in [6, 6.07) is 12.2. The highest BCUT2D eigenvalue weighted by Gasteiger charge is 2.46. The van der Waals surface area contributed by atoms with Gasteiger partial charge in [-0.2, -0.15) is 5.10 Å². The van der Waals surface area contributed by atoms with Crippen LogP contribution in [-0.4, -0.2) is 15.7 Å². The Morgan fingerprint density at radius 2 is 1.84 bits per heavy atom. The predicted molar refractivity (Wildman–Crippen MR) is 88.3 cm³/mol. The summed E-state index contributed by atoms with van der Waals surface area (Å²) < 4.78 is 28.6. The van der Waals surface area contributed by atoms with Crippen LogP contribution in [0.25, 0.3) is 5.69 Å². The Kier molecular flexibility index (Phi) is 3.60. The fourth-order valence-electron chi connectivity index (χ4n) is 2.94. The molecule has 3 aromatic rings. The Bertz CT molecular complexity index is 913. The van der Waals surface area contributed by atoms with Crippen LogP contribution in [0.15, 0.2) is 60.9 Å². The SMILES string of the molecule is O=C(NC1(c2cc(F)cc(F)c2)CC1)c1cccc(-n2cccn2)c1. The molecule has 0 aliphatic heterocycles. The number of rotatable bonds is 4. The highest BCUT2D eigenvalue weighted by molar-refractivity contribution is 5.95. The van der Waals surface area contributed by atoms with E-state index in [1.165, 1.54) is 12.1 Å². The average Bonchev–Trinajstić information content (AvgIpc) is 3.17. The molecule has 0 spiro atoms. The lowest BCUT2D eigenvalue weighted by Crippen LogP contribution is -2.35. The maximum absolute atomic E-state index is 13.5.